The van der Waals surface area contributed by atoms with E-state index in [0.717, 1.165) is 22.4 Å². The Bertz CT molecular complexity index is 998. The van der Waals surface area contributed by atoms with E-state index in [4.69, 9.17) is 10.5 Å². The number of hydrogen-bond acceptors (Lipinski definition) is 6. The van der Waals surface area contributed by atoms with E-state index in [0.29, 0.717) is 18.8 Å². The first-order chi connectivity index (χ1) is 18.4. The van der Waals surface area contributed by atoms with Gasteiger partial charge < -0.3 is 30.8 Å². The molecule has 0 aromatic heterocycles. The number of benzene rings is 3. The van der Waals surface area contributed by atoms with Crippen molar-refractivity contribution in [3.8, 4) is 11.1 Å². The highest BCUT2D eigenvalue weighted by Gasteiger charge is 2.01. The molecule has 0 spiro atoms. The molecule has 0 heterocycles. The molecule has 3 aromatic carbocycles. The Kier molecular flexibility index (Phi) is 23.2. The van der Waals surface area contributed by atoms with Crippen LogP contribution in [0.3, 0.4) is 0 Å². The molecular formula is C30H44N4O4. The molecule has 0 atom stereocenters. The smallest absolute Gasteiger partial charge is 0.316 e. The summed E-state index contributed by atoms with van der Waals surface area (Å²) < 4.78 is 4.54. The number of urea groups is 1. The molecule has 0 unspecified atom stereocenters. The van der Waals surface area contributed by atoms with Crippen molar-refractivity contribution in [3.63, 3.8) is 0 Å². The second-order valence-electron chi connectivity index (χ2n) is 7.60. The molecule has 8 nitrogen and oxygen atoms in total. The number of ether oxygens (including phenoxy) is 1. The molecule has 3 rings (SSSR count). The molecule has 38 heavy (non-hydrogen) atoms. The van der Waals surface area contributed by atoms with Crippen LogP contribution >= 0.6 is 0 Å². The van der Waals surface area contributed by atoms with Gasteiger partial charge in [-0.25, -0.2) is 4.79 Å². The van der Waals surface area contributed by atoms with E-state index < -0.39 is 6.03 Å². The number of amides is 2. The van der Waals surface area contributed by atoms with Gasteiger partial charge in [-0.2, -0.15) is 0 Å². The third-order valence-corrected chi connectivity index (χ3v) is 4.45. The van der Waals surface area contributed by atoms with Gasteiger partial charge in [0.15, 0.2) is 0 Å². The Hall–Kier alpha value is -4.17. The van der Waals surface area contributed by atoms with Gasteiger partial charge in [-0.1, -0.05) is 75.4 Å². The van der Waals surface area contributed by atoms with Gasteiger partial charge in [0.05, 0.1) is 0 Å². The van der Waals surface area contributed by atoms with Crippen LogP contribution in [0.15, 0.2) is 78.9 Å². The van der Waals surface area contributed by atoms with E-state index in [1.807, 2.05) is 100 Å². The number of carbonyl (C=O) groups excluding carboxylic acids is 3. The second-order valence-corrected chi connectivity index (χ2v) is 7.60. The lowest BCUT2D eigenvalue weighted by atomic mass is 10.0. The van der Waals surface area contributed by atoms with Gasteiger partial charge in [-0.15, -0.1) is 0 Å². The first kappa shape index (κ1) is 36.0. The fourth-order valence-electron chi connectivity index (χ4n) is 2.92. The van der Waals surface area contributed by atoms with Gasteiger partial charge in [0, 0.05) is 18.4 Å². The molecule has 208 valence electrons. The predicted molar refractivity (Wildman–Crippen MR) is 159 cm³/mol. The maximum atomic E-state index is 10.8. The van der Waals surface area contributed by atoms with E-state index in [-0.39, 0.29) is 0 Å². The Balaban J connectivity index is 0. The minimum absolute atomic E-state index is 0.365. The van der Waals surface area contributed by atoms with E-state index in [9.17, 15) is 9.59 Å². The first-order valence-corrected chi connectivity index (χ1v) is 12.4. The molecule has 0 bridgehead atoms. The number of anilines is 2. The number of rotatable bonds is 8. The third-order valence-electron chi connectivity index (χ3n) is 4.45. The van der Waals surface area contributed by atoms with Gasteiger partial charge in [0.1, 0.15) is 13.4 Å². The lowest BCUT2D eigenvalue weighted by molar-refractivity contribution is -0.129. The molecule has 0 saturated heterocycles. The number of primary amides is 1. The topological polar surface area (TPSA) is 114 Å². The maximum absolute atomic E-state index is 10.8. The highest BCUT2D eigenvalue weighted by atomic mass is 16.5. The number of nitrogens with one attached hydrogen (secondary N) is 2. The molecule has 8 heteroatoms. The zero-order valence-electron chi connectivity index (χ0n) is 23.6. The summed E-state index contributed by atoms with van der Waals surface area (Å²) in [6.45, 7) is 10.2. The minimum atomic E-state index is -0.559. The highest BCUT2D eigenvalue weighted by Crippen LogP contribution is 2.24. The van der Waals surface area contributed by atoms with E-state index in [2.05, 4.69) is 41.3 Å². The van der Waals surface area contributed by atoms with Gasteiger partial charge >= 0.3 is 6.03 Å². The minimum Gasteiger partial charge on any atom is -0.463 e. The normalized spacial score (nSPS) is 8.82. The summed E-state index contributed by atoms with van der Waals surface area (Å²) in [6, 6.07) is 24.6. The van der Waals surface area contributed by atoms with Gasteiger partial charge in [-0.05, 0) is 68.0 Å². The van der Waals surface area contributed by atoms with Crippen molar-refractivity contribution >= 4 is 30.7 Å². The number of carbonyl (C=O) groups is 3. The average molecular weight is 525 g/mol. The lowest BCUT2D eigenvalue weighted by Crippen LogP contribution is -2.19. The lowest BCUT2D eigenvalue weighted by Gasteiger charge is -2.07. The SMILES string of the molecule is C=O.CC.CCCN(C)C.CNc1cccc(-c2cccc(NC(N)=O)c2)c1.O=COCc1ccccc1. The zero-order valence-corrected chi connectivity index (χ0v) is 23.6. The Morgan fingerprint density at radius 1 is 0.921 bits per heavy atom. The molecule has 2 amide bonds. The Morgan fingerprint density at radius 2 is 1.45 bits per heavy atom. The number of nitrogens with two attached hydrogens (primary N) is 1. The summed E-state index contributed by atoms with van der Waals surface area (Å²) in [5.74, 6) is 0. The van der Waals surface area contributed by atoms with Gasteiger partial charge in [-0.3, -0.25) is 4.79 Å². The van der Waals surface area contributed by atoms with Crippen molar-refractivity contribution in [2.24, 2.45) is 5.73 Å². The number of hydrogen-bond donors (Lipinski definition) is 3. The largest absolute Gasteiger partial charge is 0.463 e. The Labute approximate surface area is 228 Å². The summed E-state index contributed by atoms with van der Waals surface area (Å²) >= 11 is 0. The van der Waals surface area contributed by atoms with Gasteiger partial charge in [0.2, 0.25) is 0 Å². The van der Waals surface area contributed by atoms with E-state index in [1.165, 1.54) is 13.0 Å². The van der Waals surface area contributed by atoms with Crippen LogP contribution in [0.1, 0.15) is 32.8 Å². The summed E-state index contributed by atoms with van der Waals surface area (Å²) in [7, 11) is 6.05. The van der Waals surface area contributed by atoms with Crippen LogP contribution in [0.4, 0.5) is 16.2 Å². The van der Waals surface area contributed by atoms with Crippen molar-refractivity contribution < 1.29 is 19.1 Å². The summed E-state index contributed by atoms with van der Waals surface area (Å²) in [5, 5.41) is 5.66. The highest BCUT2D eigenvalue weighted by molar-refractivity contribution is 5.88. The van der Waals surface area contributed by atoms with Crippen molar-refractivity contribution in [2.45, 2.75) is 33.8 Å². The van der Waals surface area contributed by atoms with E-state index in [1.54, 1.807) is 6.07 Å². The fourth-order valence-corrected chi connectivity index (χ4v) is 2.92. The standard InChI is InChI=1S/C14H15N3O.C8H8O2.C5H13N.C2H6.CH2O/c1-16-12-6-2-4-10(8-12)11-5-3-7-13(9-11)17-14(15)18;9-7-10-6-8-4-2-1-3-5-8;1-4-5-6(2)3;2*1-2/h2-9,16H,1H3,(H3,15,17,18);1-5,7H,6H2;4-5H2,1-3H3;1-2H3;1H2. The van der Waals surface area contributed by atoms with Gasteiger partial charge in [0.25, 0.3) is 6.47 Å². The molecule has 0 radical (unpaired) electrons. The van der Waals surface area contributed by atoms with Crippen LogP contribution in [0.2, 0.25) is 0 Å². The first-order valence-electron chi connectivity index (χ1n) is 12.4. The molecule has 0 saturated carbocycles. The van der Waals surface area contributed by atoms with Crippen LogP contribution < -0.4 is 16.4 Å². The van der Waals surface area contributed by atoms with Crippen molar-refractivity contribution in [2.75, 3.05) is 38.3 Å². The van der Waals surface area contributed by atoms with Crippen LogP contribution in [-0.4, -0.2) is 51.9 Å². The number of nitrogens with zero attached hydrogens (tertiary/aromatic N) is 1. The summed E-state index contributed by atoms with van der Waals surface area (Å²) in [4.78, 5) is 30.8. The quantitative estimate of drug-likeness (QED) is 0.309. The summed E-state index contributed by atoms with van der Waals surface area (Å²) in [6.07, 6.45) is 1.26. The molecule has 0 aliphatic heterocycles. The molecule has 4 N–H and O–H groups in total. The Morgan fingerprint density at radius 3 is 1.87 bits per heavy atom. The fraction of sp³-hybridized carbons (Fsp3) is 0.300. The van der Waals surface area contributed by atoms with Crippen LogP contribution in [0, 0.1) is 0 Å². The molecule has 0 aliphatic carbocycles. The van der Waals surface area contributed by atoms with Crippen molar-refractivity contribution in [1.29, 1.82) is 0 Å². The van der Waals surface area contributed by atoms with Crippen LogP contribution in [0.5, 0.6) is 0 Å². The predicted octanol–water partition coefficient (Wildman–Crippen LogP) is 6.04. The van der Waals surface area contributed by atoms with E-state index >= 15 is 0 Å². The van der Waals surface area contributed by atoms with Crippen LogP contribution in [-0.2, 0) is 20.9 Å². The zero-order chi connectivity index (χ0) is 29.2. The second kappa shape index (κ2) is 24.5. The van der Waals surface area contributed by atoms with Crippen molar-refractivity contribution in [3.05, 3.63) is 84.4 Å². The maximum Gasteiger partial charge on any atom is 0.316 e. The van der Waals surface area contributed by atoms with Crippen LogP contribution in [0.25, 0.3) is 11.1 Å². The third kappa shape index (κ3) is 18.1. The molecule has 0 fully saturated rings. The monoisotopic (exact) mass is 524 g/mol. The molecule has 0 aliphatic rings. The summed E-state index contributed by atoms with van der Waals surface area (Å²) in [5.41, 5.74) is 9.94. The molecular weight excluding hydrogens is 480 g/mol. The average Bonchev–Trinajstić information content (AvgIpc) is 2.95. The van der Waals surface area contributed by atoms with Crippen molar-refractivity contribution in [1.82, 2.24) is 4.90 Å². The molecule has 3 aromatic rings.